The second-order valence-electron chi connectivity index (χ2n) is 13.1. The Morgan fingerprint density at radius 1 is 0.283 bits per heavy atom. The Morgan fingerprint density at radius 2 is 0.533 bits per heavy atom. The fourth-order valence-electron chi connectivity index (χ4n) is 6.40. The zero-order chi connectivity index (χ0) is 44.3. The predicted molar refractivity (Wildman–Crippen MR) is 202 cm³/mol. The van der Waals surface area contributed by atoms with Crippen molar-refractivity contribution in [3.05, 3.63) is 168 Å². The molecule has 18 heteroatoms. The highest BCUT2D eigenvalue weighted by molar-refractivity contribution is 5.54. The molecule has 0 saturated heterocycles. The smallest absolute Gasteiger partial charge is 0.411 e. The minimum atomic E-state index is -5.72. The summed E-state index contributed by atoms with van der Waals surface area (Å²) in [6.07, 6.45) is -22.7. The first-order valence-electron chi connectivity index (χ1n) is 17.2. The van der Waals surface area contributed by atoms with Crippen molar-refractivity contribution in [2.75, 3.05) is 22.9 Å². The monoisotopic (exact) mass is 852 g/mol. The topological polar surface area (TPSA) is 123 Å². The van der Waals surface area contributed by atoms with Gasteiger partial charge in [-0.2, -0.15) is 52.7 Å². The summed E-state index contributed by atoms with van der Waals surface area (Å²) in [4.78, 5) is 0. The molecule has 0 radical (unpaired) electrons. The van der Waals surface area contributed by atoms with E-state index in [9.17, 15) is 52.7 Å². The molecule has 0 atom stereocenters. The van der Waals surface area contributed by atoms with Gasteiger partial charge in [0.1, 0.15) is 23.0 Å². The molecule has 0 fully saturated rings. The maximum Gasteiger partial charge on any atom is 0.411 e. The van der Waals surface area contributed by atoms with Crippen LogP contribution in [0.5, 0.6) is 23.0 Å². The van der Waals surface area contributed by atoms with Gasteiger partial charge in [0.05, 0.1) is 0 Å². The Morgan fingerprint density at radius 3 is 0.783 bits per heavy atom. The maximum atomic E-state index is 14.4. The Kier molecular flexibility index (Phi) is 12.2. The lowest BCUT2D eigenvalue weighted by Crippen LogP contribution is -2.54. The SMILES string of the molecule is Nc1ccc(Oc2ccc(C(c3ccc(Oc4ccc(N)cc4)cc3)(C(F)(F)F)C(F)(F)F)cc2)cc1.Nc1cccc(C(c2cccc(N)c2)(C(F)(F)F)C(F)(F)F)c1. The average Bonchev–Trinajstić information content (AvgIpc) is 3.13. The summed E-state index contributed by atoms with van der Waals surface area (Å²) in [5, 5.41) is 0. The number of nitrogens with two attached hydrogens (primary N) is 4. The standard InChI is InChI=1S/C27H20F6N2O2.C15H12F6N2/c28-26(29,30)25(27(31,32)33,17-1-9-21(10-2-17)36-23-13-5-19(34)6-14-23)18-3-11-22(12-4-18)37-24-15-7-20(35)8-16-24;16-14(17,18)13(15(19,20)21,9-3-1-5-11(22)7-9)10-4-2-6-12(23)8-10/h1-16H,34-35H2;1-8H,22-23H2. The van der Waals surface area contributed by atoms with Gasteiger partial charge in [-0.05, 0) is 119 Å². The third kappa shape index (κ3) is 8.81. The van der Waals surface area contributed by atoms with Crippen LogP contribution in [0.1, 0.15) is 22.3 Å². The van der Waals surface area contributed by atoms with Gasteiger partial charge >= 0.3 is 24.7 Å². The molecule has 0 aliphatic heterocycles. The van der Waals surface area contributed by atoms with Crippen LogP contribution in [0.25, 0.3) is 0 Å². The number of hydrogen-bond donors (Lipinski definition) is 4. The molecule has 0 spiro atoms. The Hall–Kier alpha value is -6.72. The lowest BCUT2D eigenvalue weighted by atomic mass is 9.72. The first-order valence-corrected chi connectivity index (χ1v) is 17.2. The van der Waals surface area contributed by atoms with Crippen LogP contribution in [0.15, 0.2) is 146 Å². The number of halogens is 12. The van der Waals surface area contributed by atoms with Crippen LogP contribution in [0, 0.1) is 0 Å². The van der Waals surface area contributed by atoms with Crippen molar-refractivity contribution in [1.29, 1.82) is 0 Å². The van der Waals surface area contributed by atoms with E-state index in [0.29, 0.717) is 35.0 Å². The minimum absolute atomic E-state index is 0.0546. The van der Waals surface area contributed by atoms with Gasteiger partial charge in [-0.1, -0.05) is 48.5 Å². The Balaban J connectivity index is 0.000000255. The van der Waals surface area contributed by atoms with Crippen LogP contribution in [0.3, 0.4) is 0 Å². The first kappa shape index (κ1) is 44.4. The molecule has 60 heavy (non-hydrogen) atoms. The molecule has 0 aliphatic carbocycles. The summed E-state index contributed by atoms with van der Waals surface area (Å²) >= 11 is 0. The van der Waals surface area contributed by atoms with Crippen molar-refractivity contribution < 1.29 is 62.2 Å². The van der Waals surface area contributed by atoms with Gasteiger partial charge in [0.2, 0.25) is 10.8 Å². The predicted octanol–water partition coefficient (Wildman–Crippen LogP) is 12.1. The van der Waals surface area contributed by atoms with Gasteiger partial charge in [-0.3, -0.25) is 0 Å². The van der Waals surface area contributed by atoms with Crippen LogP contribution in [0.4, 0.5) is 75.4 Å². The molecule has 0 amide bonds. The average molecular weight is 853 g/mol. The summed E-state index contributed by atoms with van der Waals surface area (Å²) in [7, 11) is 0. The fraction of sp³-hybridized carbons (Fsp3) is 0.143. The van der Waals surface area contributed by atoms with Gasteiger partial charge in [-0.25, -0.2) is 0 Å². The maximum absolute atomic E-state index is 14.4. The number of nitrogen functional groups attached to an aromatic ring is 4. The summed E-state index contributed by atoms with van der Waals surface area (Å²) in [5.74, 6) is 0.742. The van der Waals surface area contributed by atoms with E-state index < -0.39 is 57.8 Å². The van der Waals surface area contributed by atoms with Crippen LogP contribution < -0.4 is 32.4 Å². The number of ether oxygens (including phenoxy) is 2. The zero-order valence-corrected chi connectivity index (χ0v) is 30.5. The molecule has 6 aromatic carbocycles. The Bertz CT molecular complexity index is 2190. The second-order valence-corrected chi connectivity index (χ2v) is 13.1. The number of anilines is 4. The van der Waals surface area contributed by atoms with Gasteiger partial charge in [0, 0.05) is 22.7 Å². The van der Waals surface area contributed by atoms with Crippen molar-refractivity contribution in [1.82, 2.24) is 0 Å². The summed E-state index contributed by atoms with van der Waals surface area (Å²) in [5.41, 5.74) is 9.95. The van der Waals surface area contributed by atoms with E-state index in [1.165, 1.54) is 36.4 Å². The number of rotatable bonds is 8. The quantitative estimate of drug-likeness (QED) is 0.0893. The summed E-state index contributed by atoms with van der Waals surface area (Å²) < 4.78 is 180. The number of alkyl halides is 12. The first-order chi connectivity index (χ1) is 27.9. The van der Waals surface area contributed by atoms with Crippen molar-refractivity contribution >= 4 is 22.7 Å². The third-order valence-corrected chi connectivity index (χ3v) is 9.15. The van der Waals surface area contributed by atoms with E-state index in [-0.39, 0.29) is 22.9 Å². The molecular formula is C42H32F12N4O2. The van der Waals surface area contributed by atoms with Gasteiger partial charge in [0.25, 0.3) is 0 Å². The zero-order valence-electron chi connectivity index (χ0n) is 30.5. The van der Waals surface area contributed by atoms with Crippen LogP contribution in [-0.4, -0.2) is 24.7 Å². The van der Waals surface area contributed by atoms with Crippen LogP contribution in [-0.2, 0) is 10.8 Å². The van der Waals surface area contributed by atoms with Crippen LogP contribution in [0.2, 0.25) is 0 Å². The third-order valence-electron chi connectivity index (χ3n) is 9.15. The summed E-state index contributed by atoms with van der Waals surface area (Å²) in [6, 6.07) is 26.8. The normalized spacial score (nSPS) is 12.6. The molecule has 6 aromatic rings. The molecule has 6 rings (SSSR count). The molecule has 8 N–H and O–H groups in total. The van der Waals surface area contributed by atoms with E-state index in [0.717, 1.165) is 72.8 Å². The van der Waals surface area contributed by atoms with E-state index in [4.69, 9.17) is 32.4 Å². The van der Waals surface area contributed by atoms with Crippen molar-refractivity contribution in [3.8, 4) is 23.0 Å². The second kappa shape index (κ2) is 16.5. The van der Waals surface area contributed by atoms with E-state index in [2.05, 4.69) is 0 Å². The highest BCUT2D eigenvalue weighted by atomic mass is 19.4. The molecular weight excluding hydrogens is 820 g/mol. The van der Waals surface area contributed by atoms with Gasteiger partial charge in [0.15, 0.2) is 0 Å². The molecule has 0 aliphatic rings. The molecule has 0 aromatic heterocycles. The van der Waals surface area contributed by atoms with E-state index >= 15 is 0 Å². The minimum Gasteiger partial charge on any atom is -0.457 e. The van der Waals surface area contributed by atoms with E-state index in [1.807, 2.05) is 0 Å². The lowest BCUT2D eigenvalue weighted by Gasteiger charge is -2.38. The molecule has 6 nitrogen and oxygen atoms in total. The van der Waals surface area contributed by atoms with Gasteiger partial charge < -0.3 is 32.4 Å². The molecule has 0 saturated carbocycles. The highest BCUT2D eigenvalue weighted by Gasteiger charge is 2.73. The molecule has 0 bridgehead atoms. The Labute approximate surface area is 333 Å². The van der Waals surface area contributed by atoms with Crippen molar-refractivity contribution in [2.24, 2.45) is 0 Å². The molecule has 0 unspecified atom stereocenters. The molecule has 316 valence electrons. The fourth-order valence-corrected chi connectivity index (χ4v) is 6.40. The summed E-state index contributed by atoms with van der Waals surface area (Å²) in [6.45, 7) is 0. The van der Waals surface area contributed by atoms with E-state index in [1.54, 1.807) is 24.3 Å². The van der Waals surface area contributed by atoms with Crippen molar-refractivity contribution in [2.45, 2.75) is 35.5 Å². The number of benzene rings is 6. The highest BCUT2D eigenvalue weighted by Crippen LogP contribution is 2.58. The van der Waals surface area contributed by atoms with Gasteiger partial charge in [-0.15, -0.1) is 0 Å². The van der Waals surface area contributed by atoms with Crippen LogP contribution >= 0.6 is 0 Å². The molecule has 0 heterocycles. The number of hydrogen-bond acceptors (Lipinski definition) is 6. The van der Waals surface area contributed by atoms with Crippen molar-refractivity contribution in [3.63, 3.8) is 0 Å². The lowest BCUT2D eigenvalue weighted by molar-refractivity contribution is -0.290. The largest absolute Gasteiger partial charge is 0.457 e.